The average Bonchev–Trinajstić information content (AvgIpc) is 2.44. The number of nitrogen functional groups attached to an aromatic ring is 3. The van der Waals surface area contributed by atoms with Crippen LogP contribution >= 0.6 is 0 Å². The predicted octanol–water partition coefficient (Wildman–Crippen LogP) is 2.08. The molecule has 0 heterocycles. The number of hydrogen-bond acceptors (Lipinski definition) is 6. The molecule has 0 fully saturated rings. The minimum Gasteiger partial charge on any atom is -0.494 e. The van der Waals surface area contributed by atoms with Crippen molar-refractivity contribution in [2.24, 2.45) is 0 Å². The van der Waals surface area contributed by atoms with Crippen molar-refractivity contribution in [2.75, 3.05) is 36.9 Å². The molecular weight excluding hydrogens is 256 g/mol. The van der Waals surface area contributed by atoms with Crippen molar-refractivity contribution in [1.82, 2.24) is 0 Å². The number of rotatable bonds is 4. The van der Waals surface area contributed by atoms with E-state index in [1.54, 1.807) is 19.2 Å². The van der Waals surface area contributed by atoms with Crippen LogP contribution in [0.15, 0.2) is 30.3 Å². The Bertz CT molecular complexity index is 629. The highest BCUT2D eigenvalue weighted by molar-refractivity contribution is 5.86. The van der Waals surface area contributed by atoms with Crippen LogP contribution in [0.4, 0.5) is 22.7 Å². The van der Waals surface area contributed by atoms with Crippen molar-refractivity contribution < 1.29 is 9.57 Å². The number of nitrogens with one attached hydrogen (secondary N) is 1. The fourth-order valence-corrected chi connectivity index (χ4v) is 1.99. The standard InChI is InChI=1S/C14H18N4O2/c1-19-14-9(4-6-12(13(14)17)18-20-2)8-3-5-10(15)11(16)7-8/h3-7,18H,15-17H2,1-2H3. The molecule has 0 saturated heterocycles. The summed E-state index contributed by atoms with van der Waals surface area (Å²) in [7, 11) is 3.08. The van der Waals surface area contributed by atoms with E-state index >= 15 is 0 Å². The molecule has 7 N–H and O–H groups in total. The van der Waals surface area contributed by atoms with Gasteiger partial charge in [-0.05, 0) is 29.8 Å². The second-order valence-corrected chi connectivity index (χ2v) is 4.26. The second-order valence-electron chi connectivity index (χ2n) is 4.26. The molecule has 2 rings (SSSR count). The summed E-state index contributed by atoms with van der Waals surface area (Å²) in [5.74, 6) is 0.552. The molecule has 0 unspecified atom stereocenters. The second kappa shape index (κ2) is 5.58. The first-order valence-electron chi connectivity index (χ1n) is 5.99. The topological polar surface area (TPSA) is 109 Å². The molecule has 0 aliphatic carbocycles. The summed E-state index contributed by atoms with van der Waals surface area (Å²) in [6.45, 7) is 0. The van der Waals surface area contributed by atoms with E-state index in [4.69, 9.17) is 26.8 Å². The van der Waals surface area contributed by atoms with Crippen LogP contribution in [0.1, 0.15) is 0 Å². The van der Waals surface area contributed by atoms with Gasteiger partial charge in [-0.25, -0.2) is 0 Å². The maximum atomic E-state index is 6.06. The monoisotopic (exact) mass is 274 g/mol. The van der Waals surface area contributed by atoms with Gasteiger partial charge in [0.2, 0.25) is 0 Å². The highest BCUT2D eigenvalue weighted by Crippen LogP contribution is 2.40. The van der Waals surface area contributed by atoms with Gasteiger partial charge >= 0.3 is 0 Å². The van der Waals surface area contributed by atoms with Crippen LogP contribution in [-0.2, 0) is 4.84 Å². The number of ether oxygens (including phenoxy) is 1. The molecule has 6 nitrogen and oxygen atoms in total. The van der Waals surface area contributed by atoms with Gasteiger partial charge in [0.1, 0.15) is 5.69 Å². The molecule has 0 bridgehead atoms. The van der Waals surface area contributed by atoms with Crippen LogP contribution < -0.4 is 27.4 Å². The Morgan fingerprint density at radius 1 is 0.950 bits per heavy atom. The number of hydrogen-bond donors (Lipinski definition) is 4. The highest BCUT2D eigenvalue weighted by atomic mass is 16.6. The largest absolute Gasteiger partial charge is 0.494 e. The minimum absolute atomic E-state index is 0.460. The Kier molecular flexibility index (Phi) is 3.86. The third-order valence-electron chi connectivity index (χ3n) is 3.01. The van der Waals surface area contributed by atoms with Crippen LogP contribution in [-0.4, -0.2) is 14.2 Å². The summed E-state index contributed by atoms with van der Waals surface area (Å²) in [4.78, 5) is 4.87. The molecule has 0 amide bonds. The molecule has 6 heteroatoms. The smallest absolute Gasteiger partial charge is 0.151 e. The van der Waals surface area contributed by atoms with E-state index in [0.29, 0.717) is 28.5 Å². The lowest BCUT2D eigenvalue weighted by Crippen LogP contribution is -2.03. The van der Waals surface area contributed by atoms with Crippen molar-refractivity contribution in [2.45, 2.75) is 0 Å². The normalized spacial score (nSPS) is 10.3. The van der Waals surface area contributed by atoms with Crippen LogP contribution in [0, 0.1) is 0 Å². The summed E-state index contributed by atoms with van der Waals surface area (Å²) < 4.78 is 5.40. The molecule has 0 saturated carbocycles. The molecule has 106 valence electrons. The van der Waals surface area contributed by atoms with E-state index in [0.717, 1.165) is 11.1 Å². The zero-order valence-electron chi connectivity index (χ0n) is 11.4. The van der Waals surface area contributed by atoms with Gasteiger partial charge in [0.05, 0.1) is 31.3 Å². The number of anilines is 4. The van der Waals surface area contributed by atoms with Crippen molar-refractivity contribution in [3.8, 4) is 16.9 Å². The Balaban J connectivity index is 2.56. The first kappa shape index (κ1) is 13.8. The average molecular weight is 274 g/mol. The van der Waals surface area contributed by atoms with Gasteiger partial charge in [0.25, 0.3) is 0 Å². The van der Waals surface area contributed by atoms with Crippen molar-refractivity contribution in [3.63, 3.8) is 0 Å². The van der Waals surface area contributed by atoms with Gasteiger partial charge in [-0.15, -0.1) is 0 Å². The van der Waals surface area contributed by atoms with E-state index in [-0.39, 0.29) is 0 Å². The molecule has 2 aromatic carbocycles. The summed E-state index contributed by atoms with van der Waals surface area (Å²) in [6.07, 6.45) is 0. The lowest BCUT2D eigenvalue weighted by molar-refractivity contribution is 0.271. The maximum Gasteiger partial charge on any atom is 0.151 e. The molecule has 0 aromatic heterocycles. The number of nitrogens with two attached hydrogens (primary N) is 3. The van der Waals surface area contributed by atoms with Gasteiger partial charge in [-0.3, -0.25) is 10.3 Å². The molecule has 20 heavy (non-hydrogen) atoms. The van der Waals surface area contributed by atoms with E-state index < -0.39 is 0 Å². The van der Waals surface area contributed by atoms with E-state index in [9.17, 15) is 0 Å². The maximum absolute atomic E-state index is 6.06. The third-order valence-corrected chi connectivity index (χ3v) is 3.01. The zero-order chi connectivity index (χ0) is 14.7. The van der Waals surface area contributed by atoms with E-state index in [1.165, 1.54) is 7.11 Å². The van der Waals surface area contributed by atoms with E-state index in [2.05, 4.69) is 5.48 Å². The van der Waals surface area contributed by atoms with Gasteiger partial charge < -0.3 is 21.9 Å². The summed E-state index contributed by atoms with van der Waals surface area (Å²) in [5.41, 5.74) is 24.2. The molecule has 0 radical (unpaired) electrons. The Morgan fingerprint density at radius 3 is 2.30 bits per heavy atom. The fraction of sp³-hybridized carbons (Fsp3) is 0.143. The molecule has 0 atom stereocenters. The van der Waals surface area contributed by atoms with Gasteiger partial charge in [-0.2, -0.15) is 0 Å². The van der Waals surface area contributed by atoms with Gasteiger partial charge in [0.15, 0.2) is 5.75 Å². The van der Waals surface area contributed by atoms with Crippen molar-refractivity contribution >= 4 is 22.7 Å². The Labute approximate surface area is 117 Å². The lowest BCUT2D eigenvalue weighted by Gasteiger charge is -2.15. The summed E-state index contributed by atoms with van der Waals surface area (Å²) in [5, 5.41) is 0. The highest BCUT2D eigenvalue weighted by Gasteiger charge is 2.13. The van der Waals surface area contributed by atoms with Crippen LogP contribution in [0.25, 0.3) is 11.1 Å². The molecule has 0 aliphatic heterocycles. The van der Waals surface area contributed by atoms with Crippen LogP contribution in [0.2, 0.25) is 0 Å². The SMILES string of the molecule is CONc1ccc(-c2ccc(N)c(N)c2)c(OC)c1N. The van der Waals surface area contributed by atoms with Gasteiger partial charge in [0, 0.05) is 5.56 Å². The molecule has 0 spiro atoms. The number of benzene rings is 2. The van der Waals surface area contributed by atoms with Gasteiger partial charge in [-0.1, -0.05) is 6.07 Å². The Morgan fingerprint density at radius 2 is 1.70 bits per heavy atom. The summed E-state index contributed by atoms with van der Waals surface area (Å²) >= 11 is 0. The molecular formula is C14H18N4O2. The minimum atomic E-state index is 0.460. The van der Waals surface area contributed by atoms with Crippen molar-refractivity contribution in [3.05, 3.63) is 30.3 Å². The third kappa shape index (κ3) is 2.41. The van der Waals surface area contributed by atoms with Crippen LogP contribution in [0.5, 0.6) is 5.75 Å². The fourth-order valence-electron chi connectivity index (χ4n) is 1.99. The lowest BCUT2D eigenvalue weighted by atomic mass is 10.0. The number of methoxy groups -OCH3 is 1. The Hall–Kier alpha value is -2.60. The van der Waals surface area contributed by atoms with Crippen molar-refractivity contribution in [1.29, 1.82) is 0 Å². The summed E-state index contributed by atoms with van der Waals surface area (Å²) in [6, 6.07) is 9.09. The molecule has 2 aromatic rings. The molecule has 0 aliphatic rings. The zero-order valence-corrected chi connectivity index (χ0v) is 11.4. The van der Waals surface area contributed by atoms with Crippen LogP contribution in [0.3, 0.4) is 0 Å². The first-order chi connectivity index (χ1) is 9.58. The van der Waals surface area contributed by atoms with E-state index in [1.807, 2.05) is 18.2 Å². The predicted molar refractivity (Wildman–Crippen MR) is 82.3 cm³/mol. The quantitative estimate of drug-likeness (QED) is 0.502. The first-order valence-corrected chi connectivity index (χ1v) is 5.99.